The van der Waals surface area contributed by atoms with Gasteiger partial charge >= 0.3 is 0 Å². The van der Waals surface area contributed by atoms with Gasteiger partial charge in [-0.15, -0.1) is 0 Å². The summed E-state index contributed by atoms with van der Waals surface area (Å²) in [5.41, 5.74) is 1.14. The Labute approximate surface area is 179 Å². The van der Waals surface area contributed by atoms with Crippen molar-refractivity contribution in [2.24, 2.45) is 11.3 Å². The Bertz CT molecular complexity index is 1000. The van der Waals surface area contributed by atoms with Gasteiger partial charge in [-0.1, -0.05) is 44.2 Å². The van der Waals surface area contributed by atoms with Crippen LogP contribution in [0.4, 0.5) is 11.4 Å². The molecule has 0 atom stereocenters. The van der Waals surface area contributed by atoms with Gasteiger partial charge < -0.3 is 9.64 Å². The second-order valence-corrected chi connectivity index (χ2v) is 10.6. The van der Waals surface area contributed by atoms with Crippen LogP contribution in [0.15, 0.2) is 48.5 Å². The minimum atomic E-state index is -3.58. The third kappa shape index (κ3) is 5.33. The van der Waals surface area contributed by atoms with E-state index in [1.54, 1.807) is 35.2 Å². The first kappa shape index (κ1) is 22.2. The van der Waals surface area contributed by atoms with Gasteiger partial charge in [0.15, 0.2) is 0 Å². The van der Waals surface area contributed by atoms with Crippen molar-refractivity contribution in [2.45, 2.75) is 39.9 Å². The zero-order chi connectivity index (χ0) is 21.9. The van der Waals surface area contributed by atoms with Gasteiger partial charge in [0.25, 0.3) is 0 Å². The standard InChI is InChI=1S/C23H30N2O4S/c1-17(2)12-13-25-20-11-10-19(14-21(20)29-16-23(3,4)22(25)26)24-30(27,28)15-18-8-6-5-7-9-18/h5-11,14,17,24H,12-13,15-16H2,1-4H3. The van der Waals surface area contributed by atoms with Crippen molar-refractivity contribution >= 4 is 27.3 Å². The molecular weight excluding hydrogens is 400 g/mol. The van der Waals surface area contributed by atoms with Crippen molar-refractivity contribution in [3.8, 4) is 5.75 Å². The molecule has 0 radical (unpaired) electrons. The summed E-state index contributed by atoms with van der Waals surface area (Å²) in [4.78, 5) is 14.9. The first-order valence-corrected chi connectivity index (χ1v) is 11.9. The molecule has 0 fully saturated rings. The monoisotopic (exact) mass is 430 g/mol. The summed E-state index contributed by atoms with van der Waals surface area (Å²) in [5, 5.41) is 0. The van der Waals surface area contributed by atoms with Crippen LogP contribution < -0.4 is 14.4 Å². The minimum Gasteiger partial charge on any atom is -0.490 e. The lowest BCUT2D eigenvalue weighted by Crippen LogP contribution is -2.42. The van der Waals surface area contributed by atoms with Crippen LogP contribution in [0.5, 0.6) is 5.75 Å². The van der Waals surface area contributed by atoms with Crippen LogP contribution >= 0.6 is 0 Å². The van der Waals surface area contributed by atoms with E-state index >= 15 is 0 Å². The highest BCUT2D eigenvalue weighted by Gasteiger charge is 2.37. The predicted octanol–water partition coefficient (Wildman–Crippen LogP) is 4.43. The lowest BCUT2D eigenvalue weighted by molar-refractivity contribution is -0.127. The molecule has 30 heavy (non-hydrogen) atoms. The smallest absolute Gasteiger partial charge is 0.236 e. The summed E-state index contributed by atoms with van der Waals surface area (Å²) in [6.07, 6.45) is 0.868. The Morgan fingerprint density at radius 1 is 1.13 bits per heavy atom. The molecule has 162 valence electrons. The summed E-state index contributed by atoms with van der Waals surface area (Å²) in [6.45, 7) is 8.80. The number of hydrogen-bond donors (Lipinski definition) is 1. The van der Waals surface area contributed by atoms with Gasteiger partial charge in [-0.3, -0.25) is 9.52 Å². The van der Waals surface area contributed by atoms with Gasteiger partial charge in [0.05, 0.1) is 22.5 Å². The van der Waals surface area contributed by atoms with Crippen molar-refractivity contribution in [1.29, 1.82) is 0 Å². The second-order valence-electron chi connectivity index (χ2n) is 8.84. The van der Waals surface area contributed by atoms with Gasteiger partial charge in [0.2, 0.25) is 15.9 Å². The highest BCUT2D eigenvalue weighted by Crippen LogP contribution is 2.38. The molecule has 0 aliphatic carbocycles. The molecule has 0 saturated carbocycles. The Hall–Kier alpha value is -2.54. The van der Waals surface area contributed by atoms with Gasteiger partial charge in [-0.05, 0) is 43.9 Å². The number of rotatable bonds is 7. The molecule has 0 saturated heterocycles. The SMILES string of the molecule is CC(C)CCN1C(=O)C(C)(C)COc2cc(NS(=O)(=O)Cc3ccccc3)ccc21. The van der Waals surface area contributed by atoms with Crippen LogP contribution in [0.3, 0.4) is 0 Å². The highest BCUT2D eigenvalue weighted by atomic mass is 32.2. The Balaban J connectivity index is 1.86. The lowest BCUT2D eigenvalue weighted by atomic mass is 9.92. The Morgan fingerprint density at radius 3 is 2.50 bits per heavy atom. The summed E-state index contributed by atoms with van der Waals surface area (Å²) < 4.78 is 33.7. The zero-order valence-corrected chi connectivity index (χ0v) is 18.8. The molecule has 0 unspecified atom stereocenters. The van der Waals surface area contributed by atoms with E-state index in [1.807, 2.05) is 32.0 Å². The first-order chi connectivity index (χ1) is 14.1. The molecule has 1 aliphatic rings. The van der Waals surface area contributed by atoms with E-state index in [0.29, 0.717) is 35.2 Å². The topological polar surface area (TPSA) is 75.7 Å². The van der Waals surface area contributed by atoms with E-state index in [2.05, 4.69) is 18.6 Å². The Morgan fingerprint density at radius 2 is 1.83 bits per heavy atom. The van der Waals surface area contributed by atoms with Crippen LogP contribution in [0.25, 0.3) is 0 Å². The fraction of sp³-hybridized carbons (Fsp3) is 0.435. The zero-order valence-electron chi connectivity index (χ0n) is 18.0. The number of carbonyl (C=O) groups is 1. The fourth-order valence-corrected chi connectivity index (χ4v) is 4.52. The first-order valence-electron chi connectivity index (χ1n) is 10.2. The molecule has 6 nitrogen and oxygen atoms in total. The average molecular weight is 431 g/mol. The predicted molar refractivity (Wildman–Crippen MR) is 120 cm³/mol. The number of ether oxygens (including phenoxy) is 1. The van der Waals surface area contributed by atoms with Crippen molar-refractivity contribution < 1.29 is 17.9 Å². The van der Waals surface area contributed by atoms with Crippen molar-refractivity contribution in [2.75, 3.05) is 22.8 Å². The maximum atomic E-state index is 13.1. The fourth-order valence-electron chi connectivity index (χ4n) is 3.33. The summed E-state index contributed by atoms with van der Waals surface area (Å²) in [7, 11) is -3.58. The summed E-state index contributed by atoms with van der Waals surface area (Å²) >= 11 is 0. The van der Waals surface area contributed by atoms with E-state index in [1.165, 1.54) is 0 Å². The van der Waals surface area contributed by atoms with Crippen molar-refractivity contribution in [1.82, 2.24) is 0 Å². The van der Waals surface area contributed by atoms with Crippen LogP contribution in [-0.2, 0) is 20.6 Å². The lowest BCUT2D eigenvalue weighted by Gasteiger charge is -2.28. The molecule has 1 N–H and O–H groups in total. The molecule has 1 amide bonds. The van der Waals surface area contributed by atoms with E-state index < -0.39 is 15.4 Å². The largest absolute Gasteiger partial charge is 0.490 e. The molecule has 7 heteroatoms. The van der Waals surface area contributed by atoms with E-state index in [0.717, 1.165) is 6.42 Å². The van der Waals surface area contributed by atoms with Gasteiger partial charge in [0.1, 0.15) is 12.4 Å². The molecule has 0 aromatic heterocycles. The van der Waals surface area contributed by atoms with Crippen LogP contribution in [0.1, 0.15) is 39.7 Å². The van der Waals surface area contributed by atoms with Gasteiger partial charge in [-0.25, -0.2) is 8.42 Å². The molecule has 0 bridgehead atoms. The average Bonchev–Trinajstić information content (AvgIpc) is 2.75. The second kappa shape index (κ2) is 8.68. The highest BCUT2D eigenvalue weighted by molar-refractivity contribution is 7.91. The number of nitrogens with zero attached hydrogens (tertiary/aromatic N) is 1. The minimum absolute atomic E-state index is 0.0132. The maximum Gasteiger partial charge on any atom is 0.236 e. The third-order valence-corrected chi connectivity index (χ3v) is 6.33. The molecule has 2 aromatic carbocycles. The molecule has 0 spiro atoms. The van der Waals surface area contributed by atoms with Crippen LogP contribution in [-0.4, -0.2) is 27.5 Å². The van der Waals surface area contributed by atoms with Gasteiger partial charge in [-0.2, -0.15) is 0 Å². The van der Waals surface area contributed by atoms with Crippen molar-refractivity contribution in [3.05, 3.63) is 54.1 Å². The number of nitrogens with one attached hydrogen (secondary N) is 1. The molecular formula is C23H30N2O4S. The van der Waals surface area contributed by atoms with Crippen LogP contribution in [0.2, 0.25) is 0 Å². The third-order valence-electron chi connectivity index (χ3n) is 5.07. The number of carbonyl (C=O) groups excluding carboxylic acids is 1. The number of amides is 1. The number of fused-ring (bicyclic) bond motifs is 1. The molecule has 3 rings (SSSR count). The quantitative estimate of drug-likeness (QED) is 0.705. The Kier molecular flexibility index (Phi) is 6.41. The molecule has 1 aliphatic heterocycles. The van der Waals surface area contributed by atoms with E-state index in [-0.39, 0.29) is 18.3 Å². The number of anilines is 2. The molecule has 1 heterocycles. The summed E-state index contributed by atoms with van der Waals surface area (Å²) in [5.74, 6) is 0.868. The molecule has 2 aromatic rings. The number of sulfonamides is 1. The van der Waals surface area contributed by atoms with E-state index in [9.17, 15) is 13.2 Å². The van der Waals surface area contributed by atoms with Gasteiger partial charge in [0, 0.05) is 12.6 Å². The normalized spacial score (nSPS) is 16.0. The summed E-state index contributed by atoms with van der Waals surface area (Å²) in [6, 6.07) is 14.1. The number of benzene rings is 2. The number of hydrogen-bond acceptors (Lipinski definition) is 4. The maximum absolute atomic E-state index is 13.1. The van der Waals surface area contributed by atoms with Crippen molar-refractivity contribution in [3.63, 3.8) is 0 Å². The van der Waals surface area contributed by atoms with E-state index in [4.69, 9.17) is 4.74 Å². The van der Waals surface area contributed by atoms with Crippen LogP contribution in [0, 0.1) is 11.3 Å².